The molecular weight excluding hydrogens is 370 g/mol. The molecule has 1 N–H and O–H groups in total. The molecule has 3 aliphatic rings. The maximum absolute atomic E-state index is 12.8. The molecule has 1 aromatic rings. The molecule has 2 saturated carbocycles. The summed E-state index contributed by atoms with van der Waals surface area (Å²) in [5, 5.41) is 0. The molecule has 1 saturated heterocycles. The molecule has 0 amide bonds. The van der Waals surface area contributed by atoms with E-state index in [-0.39, 0.29) is 6.04 Å². The number of nitrogens with zero attached hydrogens (tertiary/aromatic N) is 2. The third kappa shape index (κ3) is 4.78. The van der Waals surface area contributed by atoms with Gasteiger partial charge in [0.25, 0.3) is 0 Å². The monoisotopic (exact) mass is 405 g/mol. The minimum Gasteiger partial charge on any atom is -0.298 e. The van der Waals surface area contributed by atoms with E-state index in [4.69, 9.17) is 0 Å². The Morgan fingerprint density at radius 2 is 1.36 bits per heavy atom. The van der Waals surface area contributed by atoms with E-state index in [2.05, 4.69) is 14.5 Å². The smallest absolute Gasteiger partial charge is 0.240 e. The van der Waals surface area contributed by atoms with E-state index >= 15 is 0 Å². The molecule has 0 bridgehead atoms. The largest absolute Gasteiger partial charge is 0.298 e. The second-order valence-electron chi connectivity index (χ2n) is 8.76. The van der Waals surface area contributed by atoms with Crippen molar-refractivity contribution in [2.75, 3.05) is 26.2 Å². The number of rotatable bonds is 5. The standard InChI is InChI=1S/C22H35N3O2S/c26-28(27,20-11-5-2-6-12-20)23-21-13-7-8-14-22(21)25-17-15-24(16-18-25)19-9-3-1-4-10-19/h2,5-6,11-12,19,21-23H,1,3-4,7-10,13-18H2. The molecule has 2 aliphatic carbocycles. The Bertz CT molecular complexity index is 711. The fraction of sp³-hybridized carbons (Fsp3) is 0.727. The molecule has 0 spiro atoms. The van der Waals surface area contributed by atoms with Crippen LogP contribution >= 0.6 is 0 Å². The van der Waals surface area contributed by atoms with Crippen molar-refractivity contribution in [3.63, 3.8) is 0 Å². The lowest BCUT2D eigenvalue weighted by Crippen LogP contribution is -2.59. The average molecular weight is 406 g/mol. The summed E-state index contributed by atoms with van der Waals surface area (Å²) in [5.74, 6) is 0. The van der Waals surface area contributed by atoms with Crippen LogP contribution in [0.1, 0.15) is 57.8 Å². The van der Waals surface area contributed by atoms with E-state index in [9.17, 15) is 8.42 Å². The van der Waals surface area contributed by atoms with Crippen molar-refractivity contribution in [1.29, 1.82) is 0 Å². The molecule has 5 nitrogen and oxygen atoms in total. The van der Waals surface area contributed by atoms with E-state index < -0.39 is 10.0 Å². The van der Waals surface area contributed by atoms with Crippen LogP contribution in [0.25, 0.3) is 0 Å². The molecule has 1 heterocycles. The molecule has 0 aromatic heterocycles. The molecule has 2 atom stereocenters. The maximum atomic E-state index is 12.8. The zero-order valence-electron chi connectivity index (χ0n) is 16.9. The van der Waals surface area contributed by atoms with Gasteiger partial charge in [-0.15, -0.1) is 0 Å². The van der Waals surface area contributed by atoms with Crippen LogP contribution in [0.4, 0.5) is 0 Å². The first-order valence-corrected chi connectivity index (χ1v) is 12.7. The minimum atomic E-state index is -3.45. The maximum Gasteiger partial charge on any atom is 0.240 e. The second kappa shape index (κ2) is 9.24. The van der Waals surface area contributed by atoms with Crippen molar-refractivity contribution < 1.29 is 8.42 Å². The first-order chi connectivity index (χ1) is 13.6. The van der Waals surface area contributed by atoms with E-state index in [0.29, 0.717) is 10.9 Å². The van der Waals surface area contributed by atoms with Crippen LogP contribution in [0.2, 0.25) is 0 Å². The van der Waals surface area contributed by atoms with Gasteiger partial charge < -0.3 is 0 Å². The molecule has 6 heteroatoms. The Morgan fingerprint density at radius 1 is 0.750 bits per heavy atom. The Morgan fingerprint density at radius 3 is 2.07 bits per heavy atom. The molecule has 1 aromatic carbocycles. The fourth-order valence-electron chi connectivity index (χ4n) is 5.43. The van der Waals surface area contributed by atoms with Crippen LogP contribution in [0.15, 0.2) is 35.2 Å². The number of hydrogen-bond donors (Lipinski definition) is 1. The number of hydrogen-bond acceptors (Lipinski definition) is 4. The Balaban J connectivity index is 1.38. The molecule has 156 valence electrons. The predicted molar refractivity (Wildman–Crippen MR) is 113 cm³/mol. The van der Waals surface area contributed by atoms with Gasteiger partial charge in [-0.05, 0) is 37.8 Å². The Labute approximate surface area is 170 Å². The van der Waals surface area contributed by atoms with Gasteiger partial charge in [-0.1, -0.05) is 50.3 Å². The van der Waals surface area contributed by atoms with Gasteiger partial charge >= 0.3 is 0 Å². The van der Waals surface area contributed by atoms with Crippen molar-refractivity contribution in [3.05, 3.63) is 30.3 Å². The van der Waals surface area contributed by atoms with Gasteiger partial charge in [-0.3, -0.25) is 9.80 Å². The molecule has 0 radical (unpaired) electrons. The zero-order valence-corrected chi connectivity index (χ0v) is 17.7. The lowest BCUT2D eigenvalue weighted by Gasteiger charge is -2.46. The summed E-state index contributed by atoms with van der Waals surface area (Å²) in [7, 11) is -3.45. The van der Waals surface area contributed by atoms with Gasteiger partial charge in [0.1, 0.15) is 0 Å². The van der Waals surface area contributed by atoms with Crippen LogP contribution < -0.4 is 4.72 Å². The molecule has 2 unspecified atom stereocenters. The summed E-state index contributed by atoms with van der Waals surface area (Å²) in [6.07, 6.45) is 11.3. The fourth-order valence-corrected chi connectivity index (χ4v) is 6.76. The van der Waals surface area contributed by atoms with Gasteiger partial charge in [-0.2, -0.15) is 0 Å². The zero-order chi connectivity index (χ0) is 19.4. The molecular formula is C22H35N3O2S. The highest BCUT2D eigenvalue weighted by Crippen LogP contribution is 2.28. The van der Waals surface area contributed by atoms with Gasteiger partial charge in [0, 0.05) is 44.3 Å². The SMILES string of the molecule is O=S(=O)(NC1CCCCC1N1CCN(C2CCCCC2)CC1)c1ccccc1. The third-order valence-electron chi connectivity index (χ3n) is 7.00. The van der Waals surface area contributed by atoms with Crippen molar-refractivity contribution in [3.8, 4) is 0 Å². The van der Waals surface area contributed by atoms with Crippen LogP contribution in [0, 0.1) is 0 Å². The summed E-state index contributed by atoms with van der Waals surface area (Å²) < 4.78 is 28.7. The molecule has 3 fully saturated rings. The number of nitrogens with one attached hydrogen (secondary N) is 1. The van der Waals surface area contributed by atoms with E-state index in [1.165, 1.54) is 38.5 Å². The van der Waals surface area contributed by atoms with Crippen LogP contribution in [0.5, 0.6) is 0 Å². The van der Waals surface area contributed by atoms with Gasteiger partial charge in [0.05, 0.1) is 4.90 Å². The predicted octanol–water partition coefficient (Wildman–Crippen LogP) is 3.23. The Kier molecular flexibility index (Phi) is 6.71. The summed E-state index contributed by atoms with van der Waals surface area (Å²) >= 11 is 0. The minimum absolute atomic E-state index is 0.0280. The molecule has 28 heavy (non-hydrogen) atoms. The molecule has 4 rings (SSSR count). The summed E-state index contributed by atoms with van der Waals surface area (Å²) in [4.78, 5) is 5.64. The normalized spacial score (nSPS) is 29.0. The second-order valence-corrected chi connectivity index (χ2v) is 10.5. The van der Waals surface area contributed by atoms with Gasteiger partial charge in [0.2, 0.25) is 10.0 Å². The number of sulfonamides is 1. The van der Waals surface area contributed by atoms with Crippen molar-refractivity contribution in [1.82, 2.24) is 14.5 Å². The highest BCUT2D eigenvalue weighted by Gasteiger charge is 2.35. The van der Waals surface area contributed by atoms with E-state index in [1.807, 2.05) is 6.07 Å². The lowest BCUT2D eigenvalue weighted by molar-refractivity contribution is 0.0380. The summed E-state index contributed by atoms with van der Waals surface area (Å²) in [6.45, 7) is 4.42. The highest BCUT2D eigenvalue weighted by molar-refractivity contribution is 7.89. The first kappa shape index (κ1) is 20.3. The number of benzene rings is 1. The van der Waals surface area contributed by atoms with Gasteiger partial charge in [0.15, 0.2) is 0 Å². The first-order valence-electron chi connectivity index (χ1n) is 11.2. The molecule has 1 aliphatic heterocycles. The van der Waals surface area contributed by atoms with Crippen LogP contribution in [0.3, 0.4) is 0 Å². The average Bonchev–Trinajstić information content (AvgIpc) is 2.75. The van der Waals surface area contributed by atoms with E-state index in [0.717, 1.165) is 51.5 Å². The van der Waals surface area contributed by atoms with Crippen molar-refractivity contribution >= 4 is 10.0 Å². The summed E-state index contributed by atoms with van der Waals surface area (Å²) in [5.41, 5.74) is 0. The van der Waals surface area contributed by atoms with Crippen molar-refractivity contribution in [2.24, 2.45) is 0 Å². The Hall–Kier alpha value is -0.950. The quantitative estimate of drug-likeness (QED) is 0.817. The van der Waals surface area contributed by atoms with Crippen molar-refractivity contribution in [2.45, 2.75) is 80.8 Å². The number of piperazine rings is 1. The van der Waals surface area contributed by atoms with E-state index in [1.54, 1.807) is 24.3 Å². The third-order valence-corrected chi connectivity index (χ3v) is 8.50. The topological polar surface area (TPSA) is 52.7 Å². The van der Waals surface area contributed by atoms with Crippen LogP contribution in [-0.4, -0.2) is 62.5 Å². The summed E-state index contributed by atoms with van der Waals surface area (Å²) in [6, 6.07) is 9.95. The van der Waals surface area contributed by atoms with Gasteiger partial charge in [-0.25, -0.2) is 13.1 Å². The lowest BCUT2D eigenvalue weighted by atomic mass is 9.89. The van der Waals surface area contributed by atoms with Crippen LogP contribution in [-0.2, 0) is 10.0 Å². The highest BCUT2D eigenvalue weighted by atomic mass is 32.2.